The second-order valence-electron chi connectivity index (χ2n) is 6.34. The van der Waals surface area contributed by atoms with Crippen molar-refractivity contribution in [3.63, 3.8) is 0 Å². The summed E-state index contributed by atoms with van der Waals surface area (Å²) in [7, 11) is 1.26. The summed E-state index contributed by atoms with van der Waals surface area (Å²) in [4.78, 5) is 39.6. The number of carbonyl (C=O) groups is 3. The largest absolute Gasteiger partial charge is 0.478 e. The van der Waals surface area contributed by atoms with Gasteiger partial charge in [-0.05, 0) is 19.1 Å². The van der Waals surface area contributed by atoms with E-state index in [0.29, 0.717) is 6.54 Å². The first-order valence-electron chi connectivity index (χ1n) is 7.95. The number of benzene rings is 1. The minimum atomic E-state index is -1.25. The van der Waals surface area contributed by atoms with Crippen molar-refractivity contribution in [2.45, 2.75) is 25.0 Å². The number of carbonyl (C=O) groups excluding carboxylic acids is 3. The summed E-state index contributed by atoms with van der Waals surface area (Å²) in [5.74, 6) is -1.37. The third-order valence-corrected chi connectivity index (χ3v) is 4.57. The van der Waals surface area contributed by atoms with Gasteiger partial charge >= 0.3 is 5.97 Å². The molecule has 0 unspecified atom stereocenters. The molecule has 2 aliphatic heterocycles. The van der Waals surface area contributed by atoms with Crippen LogP contribution in [0.1, 0.15) is 13.3 Å². The number of amides is 2. The van der Waals surface area contributed by atoms with E-state index in [1.54, 1.807) is 13.0 Å². The second kappa shape index (κ2) is 6.34. The lowest BCUT2D eigenvalue weighted by Gasteiger charge is -2.35. The topological polar surface area (TPSA) is 76.2 Å². The number of esters is 1. The van der Waals surface area contributed by atoms with Crippen molar-refractivity contribution in [2.75, 3.05) is 26.7 Å². The highest BCUT2D eigenvalue weighted by Gasteiger charge is 2.55. The van der Waals surface area contributed by atoms with Crippen LogP contribution in [0.5, 0.6) is 5.75 Å². The molecule has 1 aromatic rings. The lowest BCUT2D eigenvalue weighted by Crippen LogP contribution is -2.56. The standard InChI is InChI=1S/C17H19FN2O5/c1-17(25-12-5-3-4-11(18)8-12)9-13-15(22)19(10-14(21)24-2)6-7-20(13)16(17)23/h3-5,8,13H,6-7,9-10H2,1-2H3/t13-,17-/m0/s1. The number of nitrogens with zero attached hydrogens (tertiary/aromatic N) is 2. The third kappa shape index (κ3) is 3.16. The summed E-state index contributed by atoms with van der Waals surface area (Å²) in [6.07, 6.45) is 0.138. The molecule has 134 valence electrons. The zero-order valence-electron chi connectivity index (χ0n) is 14.0. The third-order valence-electron chi connectivity index (χ3n) is 4.57. The molecule has 2 saturated heterocycles. The van der Waals surface area contributed by atoms with Gasteiger partial charge < -0.3 is 19.3 Å². The van der Waals surface area contributed by atoms with Gasteiger partial charge in [-0.3, -0.25) is 14.4 Å². The molecule has 25 heavy (non-hydrogen) atoms. The summed E-state index contributed by atoms with van der Waals surface area (Å²) in [6.45, 7) is 2.02. The number of methoxy groups -OCH3 is 1. The van der Waals surface area contributed by atoms with E-state index in [2.05, 4.69) is 4.74 Å². The number of halogens is 1. The second-order valence-corrected chi connectivity index (χ2v) is 6.34. The molecule has 2 amide bonds. The molecule has 0 aliphatic carbocycles. The predicted molar refractivity (Wildman–Crippen MR) is 84.1 cm³/mol. The van der Waals surface area contributed by atoms with Gasteiger partial charge in [0.25, 0.3) is 5.91 Å². The van der Waals surface area contributed by atoms with E-state index in [1.165, 1.54) is 35.1 Å². The van der Waals surface area contributed by atoms with E-state index in [-0.39, 0.29) is 37.1 Å². The molecule has 2 heterocycles. The molecule has 0 N–H and O–H groups in total. The molecule has 0 saturated carbocycles. The number of piperazine rings is 1. The van der Waals surface area contributed by atoms with Gasteiger partial charge in [-0.2, -0.15) is 0 Å². The lowest BCUT2D eigenvalue weighted by molar-refractivity contribution is -0.154. The Morgan fingerprint density at radius 2 is 2.12 bits per heavy atom. The smallest absolute Gasteiger partial charge is 0.325 e. The summed E-state index contributed by atoms with van der Waals surface area (Å²) >= 11 is 0. The van der Waals surface area contributed by atoms with Crippen LogP contribution in [-0.4, -0.2) is 66.0 Å². The van der Waals surface area contributed by atoms with E-state index >= 15 is 0 Å². The molecule has 0 radical (unpaired) electrons. The van der Waals surface area contributed by atoms with E-state index < -0.39 is 23.4 Å². The number of hydrogen-bond acceptors (Lipinski definition) is 5. The number of fused-ring (bicyclic) bond motifs is 1. The molecule has 0 aromatic heterocycles. The average molecular weight is 350 g/mol. The first kappa shape index (κ1) is 17.2. The fourth-order valence-corrected chi connectivity index (χ4v) is 3.29. The monoisotopic (exact) mass is 350 g/mol. The minimum absolute atomic E-state index is 0.138. The van der Waals surface area contributed by atoms with Crippen LogP contribution in [-0.2, 0) is 19.1 Å². The Labute approximate surface area is 144 Å². The van der Waals surface area contributed by atoms with Crippen molar-refractivity contribution in [1.82, 2.24) is 9.80 Å². The molecule has 2 fully saturated rings. The van der Waals surface area contributed by atoms with Gasteiger partial charge in [-0.1, -0.05) is 6.07 Å². The maximum atomic E-state index is 13.3. The maximum absolute atomic E-state index is 13.3. The normalized spacial score (nSPS) is 25.8. The highest BCUT2D eigenvalue weighted by molar-refractivity contribution is 5.97. The Morgan fingerprint density at radius 1 is 1.36 bits per heavy atom. The Morgan fingerprint density at radius 3 is 2.80 bits per heavy atom. The van der Waals surface area contributed by atoms with Crippen molar-refractivity contribution in [1.29, 1.82) is 0 Å². The Hall–Kier alpha value is -2.64. The fourth-order valence-electron chi connectivity index (χ4n) is 3.29. The molecule has 2 atom stereocenters. The van der Waals surface area contributed by atoms with Gasteiger partial charge in [0, 0.05) is 25.6 Å². The summed E-state index contributed by atoms with van der Waals surface area (Å²) in [5, 5.41) is 0. The van der Waals surface area contributed by atoms with Crippen LogP contribution in [0, 0.1) is 5.82 Å². The molecule has 0 spiro atoms. The van der Waals surface area contributed by atoms with Crippen molar-refractivity contribution in [3.8, 4) is 5.75 Å². The molecule has 7 nitrogen and oxygen atoms in total. The highest BCUT2D eigenvalue weighted by atomic mass is 19.1. The van der Waals surface area contributed by atoms with Crippen LogP contribution < -0.4 is 4.74 Å². The summed E-state index contributed by atoms with van der Waals surface area (Å²) < 4.78 is 23.7. The summed E-state index contributed by atoms with van der Waals surface area (Å²) in [5.41, 5.74) is -1.25. The van der Waals surface area contributed by atoms with Gasteiger partial charge in [0.05, 0.1) is 7.11 Å². The quantitative estimate of drug-likeness (QED) is 0.743. The molecule has 3 rings (SSSR count). The van der Waals surface area contributed by atoms with Gasteiger partial charge in [-0.15, -0.1) is 0 Å². The van der Waals surface area contributed by atoms with Crippen molar-refractivity contribution in [2.24, 2.45) is 0 Å². The minimum Gasteiger partial charge on any atom is -0.478 e. The van der Waals surface area contributed by atoms with Crippen molar-refractivity contribution in [3.05, 3.63) is 30.1 Å². The zero-order valence-corrected chi connectivity index (χ0v) is 14.0. The van der Waals surface area contributed by atoms with Gasteiger partial charge in [0.1, 0.15) is 24.2 Å². The van der Waals surface area contributed by atoms with Crippen molar-refractivity contribution < 1.29 is 28.2 Å². The van der Waals surface area contributed by atoms with Gasteiger partial charge in [0.2, 0.25) is 5.91 Å². The highest BCUT2D eigenvalue weighted by Crippen LogP contribution is 2.35. The maximum Gasteiger partial charge on any atom is 0.325 e. The SMILES string of the molecule is COC(=O)CN1CCN2C(=O)[C@@](C)(Oc3cccc(F)c3)C[C@H]2C1=O. The van der Waals surface area contributed by atoms with Crippen LogP contribution in [0.15, 0.2) is 24.3 Å². The Balaban J connectivity index is 1.77. The van der Waals surface area contributed by atoms with Crippen LogP contribution in [0.3, 0.4) is 0 Å². The van der Waals surface area contributed by atoms with Crippen molar-refractivity contribution >= 4 is 17.8 Å². The number of ether oxygens (including phenoxy) is 2. The summed E-state index contributed by atoms with van der Waals surface area (Å²) in [6, 6.07) is 4.84. The molecule has 8 heteroatoms. The number of hydrogen-bond donors (Lipinski definition) is 0. The fraction of sp³-hybridized carbons (Fsp3) is 0.471. The molecule has 1 aromatic carbocycles. The lowest BCUT2D eigenvalue weighted by atomic mass is 10.0. The van der Waals surface area contributed by atoms with Crippen LogP contribution in [0.2, 0.25) is 0 Å². The first-order valence-corrected chi connectivity index (χ1v) is 7.95. The van der Waals surface area contributed by atoms with Crippen LogP contribution in [0.4, 0.5) is 4.39 Å². The van der Waals surface area contributed by atoms with E-state index in [0.717, 1.165) is 0 Å². The van der Waals surface area contributed by atoms with Gasteiger partial charge in [-0.25, -0.2) is 4.39 Å². The molecular formula is C17H19FN2O5. The van der Waals surface area contributed by atoms with Gasteiger partial charge in [0.15, 0.2) is 5.60 Å². The first-order chi connectivity index (χ1) is 11.8. The Bertz CT molecular complexity index is 725. The Kier molecular flexibility index (Phi) is 4.36. The molecule has 0 bridgehead atoms. The zero-order chi connectivity index (χ0) is 18.2. The molecule has 2 aliphatic rings. The number of rotatable bonds is 4. The molecular weight excluding hydrogens is 331 g/mol. The average Bonchev–Trinajstić information content (AvgIpc) is 2.82. The van der Waals surface area contributed by atoms with E-state index in [1.807, 2.05) is 0 Å². The van der Waals surface area contributed by atoms with Crippen LogP contribution in [0.25, 0.3) is 0 Å². The predicted octanol–water partition coefficient (Wildman–Crippen LogP) is 0.579. The van der Waals surface area contributed by atoms with E-state index in [4.69, 9.17) is 4.74 Å². The van der Waals surface area contributed by atoms with E-state index in [9.17, 15) is 18.8 Å². The van der Waals surface area contributed by atoms with Crippen LogP contribution >= 0.6 is 0 Å².